The number of likely N-dealkylation sites (tertiary alicyclic amines) is 1. The van der Waals surface area contributed by atoms with Gasteiger partial charge in [0.15, 0.2) is 0 Å². The molecule has 2 atom stereocenters. The van der Waals surface area contributed by atoms with Crippen LogP contribution in [0.5, 0.6) is 0 Å². The van der Waals surface area contributed by atoms with Gasteiger partial charge < -0.3 is 15.1 Å². The summed E-state index contributed by atoms with van der Waals surface area (Å²) in [4.78, 5) is 17.5. The summed E-state index contributed by atoms with van der Waals surface area (Å²) in [5.74, 6) is 0.926. The van der Waals surface area contributed by atoms with Gasteiger partial charge in [-0.3, -0.25) is 0 Å². The van der Waals surface area contributed by atoms with Crippen LogP contribution in [0.15, 0.2) is 0 Å². The first-order valence-corrected chi connectivity index (χ1v) is 11.1. The highest BCUT2D eigenvalue weighted by Gasteiger charge is 2.44. The van der Waals surface area contributed by atoms with Crippen LogP contribution in [0.2, 0.25) is 0 Å². The summed E-state index contributed by atoms with van der Waals surface area (Å²) >= 11 is 0. The second-order valence-corrected chi connectivity index (χ2v) is 9.06. The Morgan fingerprint density at radius 1 is 0.800 bits per heavy atom. The number of urea groups is 1. The minimum Gasteiger partial charge on any atom is -0.333 e. The molecule has 0 bridgehead atoms. The monoisotopic (exact) mass is 347 g/mol. The Labute approximate surface area is 153 Å². The molecule has 0 unspecified atom stereocenters. The van der Waals surface area contributed by atoms with Gasteiger partial charge in [0.05, 0.1) is 12.1 Å². The lowest BCUT2D eigenvalue weighted by molar-refractivity contribution is 0.0919. The molecule has 0 aromatic heterocycles. The van der Waals surface area contributed by atoms with E-state index >= 15 is 0 Å². The molecule has 4 heteroatoms. The van der Waals surface area contributed by atoms with E-state index in [9.17, 15) is 4.79 Å². The molecule has 25 heavy (non-hydrogen) atoms. The smallest absolute Gasteiger partial charge is 0.318 e. The summed E-state index contributed by atoms with van der Waals surface area (Å²) in [6, 6.07) is 1.65. The Kier molecular flexibility index (Phi) is 5.84. The topological polar surface area (TPSA) is 35.6 Å². The predicted octanol–water partition coefficient (Wildman–Crippen LogP) is 4.15. The first kappa shape index (κ1) is 17.6. The number of amides is 2. The number of fused-ring (bicyclic) bond motifs is 1. The van der Waals surface area contributed by atoms with Gasteiger partial charge in [0.1, 0.15) is 0 Å². The number of piperidine rings is 1. The van der Waals surface area contributed by atoms with Crippen LogP contribution in [0.3, 0.4) is 0 Å². The summed E-state index contributed by atoms with van der Waals surface area (Å²) in [6.45, 7) is 3.70. The lowest BCUT2D eigenvalue weighted by Crippen LogP contribution is -2.50. The summed E-state index contributed by atoms with van der Waals surface area (Å²) in [7, 11) is 0. The maximum Gasteiger partial charge on any atom is 0.318 e. The molecule has 0 aromatic rings. The molecule has 4 aliphatic rings. The van der Waals surface area contributed by atoms with E-state index in [0.717, 1.165) is 5.92 Å². The fourth-order valence-electron chi connectivity index (χ4n) is 5.90. The SMILES string of the molecule is O=C1N[C@H]2CCCC[C@H]2N1C1CCN(CC2CCCCCCC2)CC1. The first-order valence-electron chi connectivity index (χ1n) is 11.1. The van der Waals surface area contributed by atoms with Gasteiger partial charge in [-0.2, -0.15) is 0 Å². The number of nitrogens with one attached hydrogen (secondary N) is 1. The average molecular weight is 348 g/mol. The molecular weight excluding hydrogens is 310 g/mol. The Hall–Kier alpha value is -0.770. The van der Waals surface area contributed by atoms with E-state index in [4.69, 9.17) is 0 Å². The van der Waals surface area contributed by atoms with Gasteiger partial charge in [-0.05, 0) is 44.4 Å². The van der Waals surface area contributed by atoms with Gasteiger partial charge in [-0.25, -0.2) is 4.79 Å². The molecule has 1 N–H and O–H groups in total. The van der Waals surface area contributed by atoms with Gasteiger partial charge in [-0.15, -0.1) is 0 Å². The van der Waals surface area contributed by atoms with Gasteiger partial charge in [0, 0.05) is 25.7 Å². The van der Waals surface area contributed by atoms with Gasteiger partial charge >= 0.3 is 6.03 Å². The third-order valence-electron chi connectivity index (χ3n) is 7.32. The van der Waals surface area contributed by atoms with Crippen LogP contribution in [0.1, 0.15) is 83.5 Å². The number of carbonyl (C=O) groups excluding carboxylic acids is 1. The molecule has 0 spiro atoms. The molecule has 2 saturated carbocycles. The molecule has 0 aromatic carbocycles. The van der Waals surface area contributed by atoms with Crippen molar-refractivity contribution in [2.75, 3.05) is 19.6 Å². The van der Waals surface area contributed by atoms with Crippen LogP contribution in [-0.4, -0.2) is 53.6 Å². The number of hydrogen-bond acceptors (Lipinski definition) is 2. The van der Waals surface area contributed by atoms with E-state index in [2.05, 4.69) is 15.1 Å². The fraction of sp³-hybridized carbons (Fsp3) is 0.952. The van der Waals surface area contributed by atoms with Crippen molar-refractivity contribution in [1.29, 1.82) is 0 Å². The number of rotatable bonds is 3. The second kappa shape index (κ2) is 8.28. The van der Waals surface area contributed by atoms with Gasteiger partial charge in [-0.1, -0.05) is 44.9 Å². The van der Waals surface area contributed by atoms with Crippen molar-refractivity contribution < 1.29 is 4.79 Å². The van der Waals surface area contributed by atoms with Crippen molar-refractivity contribution >= 4 is 6.03 Å². The van der Waals surface area contributed by atoms with Crippen LogP contribution in [0, 0.1) is 5.92 Å². The second-order valence-electron chi connectivity index (χ2n) is 9.06. The van der Waals surface area contributed by atoms with E-state index in [0.29, 0.717) is 18.1 Å². The van der Waals surface area contributed by atoms with Crippen LogP contribution >= 0.6 is 0 Å². The van der Waals surface area contributed by atoms with E-state index < -0.39 is 0 Å². The summed E-state index contributed by atoms with van der Waals surface area (Å²) in [5, 5.41) is 3.27. The number of hydrogen-bond donors (Lipinski definition) is 1. The molecule has 0 radical (unpaired) electrons. The zero-order valence-corrected chi connectivity index (χ0v) is 15.9. The highest BCUT2D eigenvalue weighted by molar-refractivity contribution is 5.78. The Morgan fingerprint density at radius 2 is 1.44 bits per heavy atom. The van der Waals surface area contributed by atoms with Crippen molar-refractivity contribution in [1.82, 2.24) is 15.1 Å². The molecule has 2 aliphatic heterocycles. The van der Waals surface area contributed by atoms with E-state index in [1.807, 2.05) is 0 Å². The first-order chi connectivity index (χ1) is 12.3. The molecule has 4 fully saturated rings. The molecule has 2 amide bonds. The third kappa shape index (κ3) is 4.15. The standard InChI is InChI=1S/C21H37N3O/c25-21-22-19-10-6-7-11-20(19)24(21)18-12-14-23(15-13-18)16-17-8-4-2-1-3-5-9-17/h17-20H,1-16H2,(H,22,25)/t19-,20+/m0/s1. The van der Waals surface area contributed by atoms with Crippen LogP contribution in [0.25, 0.3) is 0 Å². The quantitative estimate of drug-likeness (QED) is 0.832. The Bertz CT molecular complexity index is 438. The van der Waals surface area contributed by atoms with E-state index in [1.54, 1.807) is 0 Å². The van der Waals surface area contributed by atoms with Gasteiger partial charge in [0.2, 0.25) is 0 Å². The number of carbonyl (C=O) groups is 1. The molecule has 142 valence electrons. The fourth-order valence-corrected chi connectivity index (χ4v) is 5.90. The van der Waals surface area contributed by atoms with E-state index in [1.165, 1.54) is 103 Å². The Morgan fingerprint density at radius 3 is 2.20 bits per heavy atom. The van der Waals surface area contributed by atoms with Crippen molar-refractivity contribution in [2.45, 2.75) is 102 Å². The van der Waals surface area contributed by atoms with Crippen LogP contribution in [-0.2, 0) is 0 Å². The highest BCUT2D eigenvalue weighted by Crippen LogP contribution is 2.32. The molecule has 2 saturated heterocycles. The lowest BCUT2D eigenvalue weighted by Gasteiger charge is -2.41. The van der Waals surface area contributed by atoms with Crippen LogP contribution < -0.4 is 5.32 Å². The minimum absolute atomic E-state index is 0.232. The predicted molar refractivity (Wildman–Crippen MR) is 102 cm³/mol. The largest absolute Gasteiger partial charge is 0.333 e. The molecular formula is C21H37N3O. The zero-order chi connectivity index (χ0) is 17.1. The molecule has 4 rings (SSSR count). The molecule has 2 aliphatic carbocycles. The van der Waals surface area contributed by atoms with Crippen molar-refractivity contribution in [3.8, 4) is 0 Å². The third-order valence-corrected chi connectivity index (χ3v) is 7.32. The molecule has 2 heterocycles. The minimum atomic E-state index is 0.232. The van der Waals surface area contributed by atoms with Crippen LogP contribution in [0.4, 0.5) is 4.79 Å². The zero-order valence-electron chi connectivity index (χ0n) is 15.9. The molecule has 4 nitrogen and oxygen atoms in total. The van der Waals surface area contributed by atoms with Crippen molar-refractivity contribution in [2.24, 2.45) is 5.92 Å². The van der Waals surface area contributed by atoms with Gasteiger partial charge in [0.25, 0.3) is 0 Å². The number of nitrogens with zero attached hydrogens (tertiary/aromatic N) is 2. The maximum atomic E-state index is 12.5. The summed E-state index contributed by atoms with van der Waals surface area (Å²) in [6.07, 6.45) is 17.5. The maximum absolute atomic E-state index is 12.5. The summed E-state index contributed by atoms with van der Waals surface area (Å²) in [5.41, 5.74) is 0. The average Bonchev–Trinajstić information content (AvgIpc) is 2.94. The van der Waals surface area contributed by atoms with E-state index in [-0.39, 0.29) is 6.03 Å². The summed E-state index contributed by atoms with van der Waals surface area (Å²) < 4.78 is 0. The normalized spacial score (nSPS) is 33.6. The lowest BCUT2D eigenvalue weighted by atomic mass is 9.88. The highest BCUT2D eigenvalue weighted by atomic mass is 16.2. The Balaban J connectivity index is 1.27. The van der Waals surface area contributed by atoms with Crippen molar-refractivity contribution in [3.05, 3.63) is 0 Å². The van der Waals surface area contributed by atoms with Crippen molar-refractivity contribution in [3.63, 3.8) is 0 Å².